The van der Waals surface area contributed by atoms with Crippen molar-refractivity contribution in [1.82, 2.24) is 5.32 Å². The zero-order valence-corrected chi connectivity index (χ0v) is 11.1. The van der Waals surface area contributed by atoms with E-state index in [1.54, 1.807) is 0 Å². The van der Waals surface area contributed by atoms with Crippen molar-refractivity contribution in [2.45, 2.75) is 20.0 Å². The molecule has 19 heavy (non-hydrogen) atoms. The quantitative estimate of drug-likeness (QED) is 0.825. The molecular formula is C14H18N2O3. The van der Waals surface area contributed by atoms with Crippen LogP contribution in [0.4, 0.5) is 5.69 Å². The van der Waals surface area contributed by atoms with Gasteiger partial charge in [0.05, 0.1) is 18.8 Å². The van der Waals surface area contributed by atoms with E-state index in [9.17, 15) is 4.79 Å². The maximum atomic E-state index is 11.6. The molecule has 0 bridgehead atoms. The van der Waals surface area contributed by atoms with Gasteiger partial charge in [-0.1, -0.05) is 0 Å². The third kappa shape index (κ3) is 2.38. The molecule has 1 N–H and O–H groups in total. The van der Waals surface area contributed by atoms with E-state index in [0.717, 1.165) is 31.1 Å². The lowest BCUT2D eigenvalue weighted by atomic mass is 10.1. The first kappa shape index (κ1) is 12.3. The van der Waals surface area contributed by atoms with Crippen LogP contribution in [0.1, 0.15) is 18.1 Å². The lowest BCUT2D eigenvalue weighted by Gasteiger charge is -2.31. The molecule has 2 heterocycles. The van der Waals surface area contributed by atoms with E-state index in [1.807, 2.05) is 11.8 Å². The number of nitrogens with zero attached hydrogens (tertiary/aromatic N) is 1. The highest BCUT2D eigenvalue weighted by molar-refractivity contribution is 5.77. The Hall–Kier alpha value is -1.75. The number of carbonyl (C=O) groups excluding carboxylic acids is 1. The molecular weight excluding hydrogens is 244 g/mol. The molecule has 5 heteroatoms. The fourth-order valence-corrected chi connectivity index (χ4v) is 2.59. The van der Waals surface area contributed by atoms with Crippen LogP contribution in [-0.4, -0.2) is 32.3 Å². The highest BCUT2D eigenvalue weighted by atomic mass is 16.5. The van der Waals surface area contributed by atoms with Crippen LogP contribution >= 0.6 is 0 Å². The van der Waals surface area contributed by atoms with E-state index < -0.39 is 0 Å². The van der Waals surface area contributed by atoms with Crippen LogP contribution < -0.4 is 15.0 Å². The first-order chi connectivity index (χ1) is 9.28. The van der Waals surface area contributed by atoms with Gasteiger partial charge in [0.2, 0.25) is 0 Å². The number of hydrogen-bond acceptors (Lipinski definition) is 5. The first-order valence-electron chi connectivity index (χ1n) is 6.68. The monoisotopic (exact) mass is 262 g/mol. The van der Waals surface area contributed by atoms with Crippen LogP contribution in [0, 0.1) is 0 Å². The number of esters is 1. The third-order valence-electron chi connectivity index (χ3n) is 3.50. The van der Waals surface area contributed by atoms with Gasteiger partial charge >= 0.3 is 5.97 Å². The Labute approximate surface area is 112 Å². The van der Waals surface area contributed by atoms with E-state index in [-0.39, 0.29) is 12.5 Å². The Kier molecular flexibility index (Phi) is 3.29. The molecule has 0 spiro atoms. The number of anilines is 1. The molecule has 0 saturated heterocycles. The molecule has 0 aromatic heterocycles. The smallest absolute Gasteiger partial charge is 0.325 e. The Morgan fingerprint density at radius 1 is 1.42 bits per heavy atom. The van der Waals surface area contributed by atoms with Gasteiger partial charge < -0.3 is 19.7 Å². The standard InChI is InChI=1S/C14H18N2O3/c1-2-18-14(17)9-16-3-4-19-13-6-11-8-15-7-10(11)5-12(13)16/h5-6,15H,2-4,7-9H2,1H3. The average Bonchev–Trinajstić information content (AvgIpc) is 2.84. The summed E-state index contributed by atoms with van der Waals surface area (Å²) in [5.74, 6) is 0.687. The van der Waals surface area contributed by atoms with Crippen molar-refractivity contribution in [2.24, 2.45) is 0 Å². The summed E-state index contributed by atoms with van der Waals surface area (Å²) in [4.78, 5) is 13.7. The number of carbonyl (C=O) groups is 1. The van der Waals surface area contributed by atoms with E-state index in [2.05, 4.69) is 17.4 Å². The van der Waals surface area contributed by atoms with E-state index in [4.69, 9.17) is 9.47 Å². The molecule has 0 unspecified atom stereocenters. The number of hydrogen-bond donors (Lipinski definition) is 1. The molecule has 102 valence electrons. The molecule has 1 aromatic rings. The maximum Gasteiger partial charge on any atom is 0.325 e. The van der Waals surface area contributed by atoms with Gasteiger partial charge in [-0.2, -0.15) is 0 Å². The Morgan fingerprint density at radius 2 is 2.21 bits per heavy atom. The van der Waals surface area contributed by atoms with Crippen LogP contribution in [0.5, 0.6) is 5.75 Å². The molecule has 5 nitrogen and oxygen atoms in total. The van der Waals surface area contributed by atoms with Gasteiger partial charge in [-0.3, -0.25) is 4.79 Å². The summed E-state index contributed by atoms with van der Waals surface area (Å²) in [5, 5.41) is 3.32. The molecule has 0 saturated carbocycles. The minimum Gasteiger partial charge on any atom is -0.490 e. The Bertz CT molecular complexity index is 502. The molecule has 0 amide bonds. The summed E-state index contributed by atoms with van der Waals surface area (Å²) in [5.41, 5.74) is 3.58. The van der Waals surface area contributed by atoms with Gasteiger partial charge in [-0.05, 0) is 30.2 Å². The predicted molar refractivity (Wildman–Crippen MR) is 71.3 cm³/mol. The van der Waals surface area contributed by atoms with Crippen LogP contribution in [0.25, 0.3) is 0 Å². The second-order valence-corrected chi connectivity index (χ2v) is 4.77. The molecule has 0 fully saturated rings. The average molecular weight is 262 g/mol. The van der Waals surface area contributed by atoms with Gasteiger partial charge in [-0.25, -0.2) is 0 Å². The number of rotatable bonds is 3. The summed E-state index contributed by atoms with van der Waals surface area (Å²) in [6.45, 7) is 5.64. The summed E-state index contributed by atoms with van der Waals surface area (Å²) < 4.78 is 10.7. The number of benzene rings is 1. The third-order valence-corrected chi connectivity index (χ3v) is 3.50. The topological polar surface area (TPSA) is 50.8 Å². The van der Waals surface area contributed by atoms with E-state index >= 15 is 0 Å². The van der Waals surface area contributed by atoms with E-state index in [0.29, 0.717) is 13.2 Å². The SMILES string of the molecule is CCOC(=O)CN1CCOc2cc3c(cc21)CNC3. The second-order valence-electron chi connectivity index (χ2n) is 4.77. The minimum absolute atomic E-state index is 0.186. The number of nitrogens with one attached hydrogen (secondary N) is 1. The van der Waals surface area contributed by atoms with Crippen molar-refractivity contribution in [3.05, 3.63) is 23.3 Å². The molecule has 1 aromatic carbocycles. The molecule has 2 aliphatic rings. The number of ether oxygens (including phenoxy) is 2. The maximum absolute atomic E-state index is 11.6. The molecule has 0 atom stereocenters. The van der Waals surface area contributed by atoms with Crippen molar-refractivity contribution in [2.75, 3.05) is 31.2 Å². The Balaban J connectivity index is 1.85. The highest BCUT2D eigenvalue weighted by Crippen LogP contribution is 2.35. The summed E-state index contributed by atoms with van der Waals surface area (Å²) in [7, 11) is 0. The molecule has 0 radical (unpaired) electrons. The molecule has 0 aliphatic carbocycles. The summed E-state index contributed by atoms with van der Waals surface area (Å²) >= 11 is 0. The Morgan fingerprint density at radius 3 is 3.00 bits per heavy atom. The van der Waals surface area contributed by atoms with Crippen molar-refractivity contribution in [3.63, 3.8) is 0 Å². The lowest BCUT2D eigenvalue weighted by Crippen LogP contribution is -2.37. The zero-order chi connectivity index (χ0) is 13.2. The molecule has 3 rings (SSSR count). The fraction of sp³-hybridized carbons (Fsp3) is 0.500. The summed E-state index contributed by atoms with van der Waals surface area (Å²) in [6, 6.07) is 4.21. The number of fused-ring (bicyclic) bond motifs is 2. The minimum atomic E-state index is -0.186. The highest BCUT2D eigenvalue weighted by Gasteiger charge is 2.24. The lowest BCUT2D eigenvalue weighted by molar-refractivity contribution is -0.141. The van der Waals surface area contributed by atoms with Crippen LogP contribution in [0.15, 0.2) is 12.1 Å². The van der Waals surface area contributed by atoms with Gasteiger partial charge in [-0.15, -0.1) is 0 Å². The normalized spacial score (nSPS) is 16.6. The van der Waals surface area contributed by atoms with Crippen molar-refractivity contribution < 1.29 is 14.3 Å². The fourth-order valence-electron chi connectivity index (χ4n) is 2.59. The predicted octanol–water partition coefficient (Wildman–Crippen LogP) is 1.05. The van der Waals surface area contributed by atoms with Crippen molar-refractivity contribution in [1.29, 1.82) is 0 Å². The van der Waals surface area contributed by atoms with Crippen molar-refractivity contribution >= 4 is 11.7 Å². The van der Waals surface area contributed by atoms with E-state index in [1.165, 1.54) is 11.1 Å². The zero-order valence-electron chi connectivity index (χ0n) is 11.1. The van der Waals surface area contributed by atoms with Crippen LogP contribution in [0.3, 0.4) is 0 Å². The van der Waals surface area contributed by atoms with Gasteiger partial charge in [0.25, 0.3) is 0 Å². The second kappa shape index (κ2) is 5.09. The van der Waals surface area contributed by atoms with Crippen LogP contribution in [-0.2, 0) is 22.6 Å². The first-order valence-corrected chi connectivity index (χ1v) is 6.68. The summed E-state index contributed by atoms with van der Waals surface area (Å²) in [6.07, 6.45) is 0. The van der Waals surface area contributed by atoms with Gasteiger partial charge in [0.1, 0.15) is 18.9 Å². The van der Waals surface area contributed by atoms with Gasteiger partial charge in [0, 0.05) is 13.1 Å². The van der Waals surface area contributed by atoms with Crippen molar-refractivity contribution in [3.8, 4) is 5.75 Å². The van der Waals surface area contributed by atoms with Gasteiger partial charge in [0.15, 0.2) is 0 Å². The largest absolute Gasteiger partial charge is 0.490 e. The van der Waals surface area contributed by atoms with Crippen LogP contribution in [0.2, 0.25) is 0 Å². The molecule has 2 aliphatic heterocycles.